The molecule has 0 atom stereocenters. The summed E-state index contributed by atoms with van der Waals surface area (Å²) in [4.78, 5) is 40.6. The van der Waals surface area contributed by atoms with Gasteiger partial charge in [0.15, 0.2) is 6.61 Å². The molecule has 3 aromatic rings. The molecule has 2 amide bonds. The van der Waals surface area contributed by atoms with E-state index in [9.17, 15) is 14.4 Å². The van der Waals surface area contributed by atoms with E-state index in [1.165, 1.54) is 11.9 Å². The quantitative estimate of drug-likeness (QED) is 0.562. The zero-order chi connectivity index (χ0) is 21.5. The number of ether oxygens (including phenoxy) is 1. The Morgan fingerprint density at radius 1 is 1.07 bits per heavy atom. The monoisotopic (exact) mass is 407 g/mol. The zero-order valence-corrected chi connectivity index (χ0v) is 17.1. The Kier molecular flexibility index (Phi) is 6.85. The number of anilines is 1. The number of H-pyrrole nitrogens is 1. The standard InChI is InChI=1S/C23H25N3O4/c1-16-7-10-18(11-8-16)25-21(27)14-26(2)22(28)15-30-23(29)12-9-17-13-24-20-6-4-3-5-19(17)20/h3-8,10-11,13,24H,9,12,14-15H2,1-2H3,(H,25,27). The number of fused-ring (bicyclic) bond motifs is 1. The van der Waals surface area contributed by atoms with Gasteiger partial charge in [-0.3, -0.25) is 14.4 Å². The van der Waals surface area contributed by atoms with Gasteiger partial charge in [-0.1, -0.05) is 35.9 Å². The first-order chi connectivity index (χ1) is 14.4. The Morgan fingerprint density at radius 2 is 1.80 bits per heavy atom. The van der Waals surface area contributed by atoms with E-state index < -0.39 is 11.9 Å². The van der Waals surface area contributed by atoms with E-state index in [0.717, 1.165) is 22.0 Å². The van der Waals surface area contributed by atoms with Crippen molar-refractivity contribution in [2.75, 3.05) is 25.5 Å². The number of esters is 1. The third kappa shape index (κ3) is 5.70. The second kappa shape index (κ2) is 9.73. The Labute approximate surface area is 175 Å². The molecule has 2 aromatic carbocycles. The minimum Gasteiger partial charge on any atom is -0.456 e. The van der Waals surface area contributed by atoms with Crippen molar-refractivity contribution in [2.24, 2.45) is 0 Å². The van der Waals surface area contributed by atoms with Crippen molar-refractivity contribution in [2.45, 2.75) is 19.8 Å². The summed E-state index contributed by atoms with van der Waals surface area (Å²) in [5, 5.41) is 3.80. The predicted octanol–water partition coefficient (Wildman–Crippen LogP) is 3.05. The number of aromatic nitrogens is 1. The van der Waals surface area contributed by atoms with Crippen LogP contribution in [0.15, 0.2) is 54.7 Å². The lowest BCUT2D eigenvalue weighted by Crippen LogP contribution is -2.37. The molecule has 3 rings (SSSR count). The van der Waals surface area contributed by atoms with Gasteiger partial charge in [-0.25, -0.2) is 0 Å². The molecule has 1 heterocycles. The molecule has 7 nitrogen and oxygen atoms in total. The molecule has 0 unspecified atom stereocenters. The molecule has 0 fully saturated rings. The van der Waals surface area contributed by atoms with Gasteiger partial charge in [-0.05, 0) is 37.1 Å². The molecule has 156 valence electrons. The molecule has 0 radical (unpaired) electrons. The van der Waals surface area contributed by atoms with E-state index in [4.69, 9.17) is 4.74 Å². The number of carbonyl (C=O) groups excluding carboxylic acids is 3. The highest BCUT2D eigenvalue weighted by molar-refractivity contribution is 5.94. The number of nitrogens with zero attached hydrogens (tertiary/aromatic N) is 1. The molecule has 7 heteroatoms. The summed E-state index contributed by atoms with van der Waals surface area (Å²) in [5.41, 5.74) is 3.79. The van der Waals surface area contributed by atoms with Crippen molar-refractivity contribution in [3.63, 3.8) is 0 Å². The number of carbonyl (C=O) groups is 3. The largest absolute Gasteiger partial charge is 0.456 e. The Balaban J connectivity index is 1.40. The molecule has 2 N–H and O–H groups in total. The Bertz CT molecular complexity index is 1040. The molecule has 0 bridgehead atoms. The fourth-order valence-electron chi connectivity index (χ4n) is 3.04. The molecule has 0 aliphatic carbocycles. The van der Waals surface area contributed by atoms with Crippen LogP contribution in [0.1, 0.15) is 17.5 Å². The lowest BCUT2D eigenvalue weighted by atomic mass is 10.1. The molecular weight excluding hydrogens is 382 g/mol. The predicted molar refractivity (Wildman–Crippen MR) is 115 cm³/mol. The summed E-state index contributed by atoms with van der Waals surface area (Å²) in [6.45, 7) is 1.44. The third-order valence-corrected chi connectivity index (χ3v) is 4.77. The molecule has 1 aromatic heterocycles. The third-order valence-electron chi connectivity index (χ3n) is 4.77. The van der Waals surface area contributed by atoms with Crippen molar-refractivity contribution in [3.8, 4) is 0 Å². The summed E-state index contributed by atoms with van der Waals surface area (Å²) in [5.74, 6) is -1.21. The van der Waals surface area contributed by atoms with Crippen LogP contribution in [0.3, 0.4) is 0 Å². The molecule has 0 aliphatic rings. The van der Waals surface area contributed by atoms with Gasteiger partial charge in [-0.15, -0.1) is 0 Å². The van der Waals surface area contributed by atoms with Crippen molar-refractivity contribution in [1.82, 2.24) is 9.88 Å². The van der Waals surface area contributed by atoms with Gasteiger partial charge in [0.25, 0.3) is 5.91 Å². The van der Waals surface area contributed by atoms with Crippen molar-refractivity contribution in [1.29, 1.82) is 0 Å². The summed E-state index contributed by atoms with van der Waals surface area (Å²) >= 11 is 0. The SMILES string of the molecule is Cc1ccc(NC(=O)CN(C)C(=O)COC(=O)CCc2c[nH]c3ccccc23)cc1. The number of para-hydroxylation sites is 1. The second-order valence-corrected chi connectivity index (χ2v) is 7.18. The van der Waals surface area contributed by atoms with E-state index in [1.54, 1.807) is 12.1 Å². The van der Waals surface area contributed by atoms with Crippen LogP contribution < -0.4 is 5.32 Å². The van der Waals surface area contributed by atoms with Gasteiger partial charge >= 0.3 is 5.97 Å². The van der Waals surface area contributed by atoms with Crippen molar-refractivity contribution < 1.29 is 19.1 Å². The maximum absolute atomic E-state index is 12.2. The summed E-state index contributed by atoms with van der Waals surface area (Å²) in [6, 6.07) is 15.2. The van der Waals surface area contributed by atoms with Crippen LogP contribution in [0.4, 0.5) is 5.69 Å². The Hall–Kier alpha value is -3.61. The van der Waals surface area contributed by atoms with Gasteiger partial charge in [0.05, 0.1) is 6.54 Å². The first kappa shape index (κ1) is 21.1. The number of amides is 2. The topological polar surface area (TPSA) is 91.5 Å². The molecule has 0 saturated heterocycles. The summed E-state index contributed by atoms with van der Waals surface area (Å²) < 4.78 is 5.08. The number of nitrogens with one attached hydrogen (secondary N) is 2. The maximum Gasteiger partial charge on any atom is 0.306 e. The van der Waals surface area contributed by atoms with E-state index in [2.05, 4.69) is 10.3 Å². The van der Waals surface area contributed by atoms with Crippen LogP contribution in [-0.4, -0.2) is 47.9 Å². The van der Waals surface area contributed by atoms with Gasteiger partial charge < -0.3 is 19.9 Å². The number of rotatable bonds is 8. The van der Waals surface area contributed by atoms with Gasteiger partial charge in [0, 0.05) is 36.3 Å². The molecule has 0 spiro atoms. The minimum atomic E-state index is -0.453. The van der Waals surface area contributed by atoms with Crippen LogP contribution in [0.25, 0.3) is 10.9 Å². The van der Waals surface area contributed by atoms with Gasteiger partial charge in [0.1, 0.15) is 0 Å². The first-order valence-corrected chi connectivity index (χ1v) is 9.73. The zero-order valence-electron chi connectivity index (χ0n) is 17.1. The average molecular weight is 407 g/mol. The smallest absolute Gasteiger partial charge is 0.306 e. The average Bonchev–Trinajstić information content (AvgIpc) is 3.15. The normalized spacial score (nSPS) is 10.6. The van der Waals surface area contributed by atoms with E-state index in [-0.39, 0.29) is 25.5 Å². The molecule has 0 saturated carbocycles. The highest BCUT2D eigenvalue weighted by Gasteiger charge is 2.16. The number of aromatic amines is 1. The molecule has 0 aliphatic heterocycles. The van der Waals surface area contributed by atoms with E-state index in [0.29, 0.717) is 12.1 Å². The summed E-state index contributed by atoms with van der Waals surface area (Å²) in [6.07, 6.45) is 2.57. The number of aryl methyl sites for hydroxylation is 2. The first-order valence-electron chi connectivity index (χ1n) is 9.73. The minimum absolute atomic E-state index is 0.125. The number of hydrogen-bond donors (Lipinski definition) is 2. The van der Waals surface area contributed by atoms with Gasteiger partial charge in [0.2, 0.25) is 5.91 Å². The molecular formula is C23H25N3O4. The summed E-state index contributed by atoms with van der Waals surface area (Å²) in [7, 11) is 1.50. The van der Waals surface area contributed by atoms with Crippen molar-refractivity contribution >= 4 is 34.4 Å². The second-order valence-electron chi connectivity index (χ2n) is 7.18. The fraction of sp³-hybridized carbons (Fsp3) is 0.261. The highest BCUT2D eigenvalue weighted by atomic mass is 16.5. The van der Waals surface area contributed by atoms with Crippen molar-refractivity contribution in [3.05, 3.63) is 65.9 Å². The molecule has 30 heavy (non-hydrogen) atoms. The van der Waals surface area contributed by atoms with Gasteiger partial charge in [-0.2, -0.15) is 0 Å². The fourth-order valence-corrected chi connectivity index (χ4v) is 3.04. The van der Waals surface area contributed by atoms with Crippen LogP contribution in [0.5, 0.6) is 0 Å². The van der Waals surface area contributed by atoms with E-state index in [1.807, 2.05) is 49.5 Å². The van der Waals surface area contributed by atoms with Crippen LogP contribution in [0.2, 0.25) is 0 Å². The number of likely N-dealkylation sites (N-methyl/N-ethyl adjacent to an activating group) is 1. The van der Waals surface area contributed by atoms with Crippen LogP contribution in [0, 0.1) is 6.92 Å². The number of benzene rings is 2. The lowest BCUT2D eigenvalue weighted by molar-refractivity contribution is -0.151. The lowest BCUT2D eigenvalue weighted by Gasteiger charge is -2.16. The van der Waals surface area contributed by atoms with E-state index >= 15 is 0 Å². The maximum atomic E-state index is 12.2. The Morgan fingerprint density at radius 3 is 2.57 bits per heavy atom. The highest BCUT2D eigenvalue weighted by Crippen LogP contribution is 2.19. The van der Waals surface area contributed by atoms with Crippen LogP contribution in [-0.2, 0) is 25.5 Å². The number of hydrogen-bond acceptors (Lipinski definition) is 4. The van der Waals surface area contributed by atoms with Crippen LogP contribution >= 0.6 is 0 Å².